The molecule has 0 spiro atoms. The average molecular weight is 492 g/mol. The van der Waals surface area contributed by atoms with Crippen molar-refractivity contribution >= 4 is 40.5 Å². The number of nitrogens with zero attached hydrogens (tertiary/aromatic N) is 1. The van der Waals surface area contributed by atoms with Crippen LogP contribution in [0.25, 0.3) is 6.08 Å². The zero-order valence-corrected chi connectivity index (χ0v) is 21.8. The molecule has 0 bridgehead atoms. The molecule has 184 valence electrons. The van der Waals surface area contributed by atoms with Crippen LogP contribution < -0.4 is 11.1 Å². The molecule has 5 N–H and O–H groups in total. The fraction of sp³-hybridized carbons (Fsp3) is 0.286. The first-order valence-corrected chi connectivity index (χ1v) is 12.2. The van der Waals surface area contributed by atoms with E-state index < -0.39 is 0 Å². The second-order valence-corrected chi connectivity index (χ2v) is 11.4. The van der Waals surface area contributed by atoms with Crippen LogP contribution in [0.5, 0.6) is 11.5 Å². The fourth-order valence-electron chi connectivity index (χ4n) is 3.55. The van der Waals surface area contributed by atoms with Gasteiger partial charge in [0.05, 0.1) is 4.88 Å². The van der Waals surface area contributed by atoms with Gasteiger partial charge in [-0.2, -0.15) is 0 Å². The largest absolute Gasteiger partial charge is 0.507 e. The second kappa shape index (κ2) is 9.96. The van der Waals surface area contributed by atoms with Gasteiger partial charge in [0.15, 0.2) is 0 Å². The number of anilines is 1. The average Bonchev–Trinajstić information content (AvgIpc) is 3.29. The van der Waals surface area contributed by atoms with E-state index in [-0.39, 0.29) is 34.0 Å². The third-order valence-electron chi connectivity index (χ3n) is 5.43. The number of aliphatic imine (C=N–C) groups is 1. The van der Waals surface area contributed by atoms with Crippen molar-refractivity contribution in [3.63, 3.8) is 0 Å². The van der Waals surface area contributed by atoms with Gasteiger partial charge in [0, 0.05) is 22.9 Å². The summed E-state index contributed by atoms with van der Waals surface area (Å²) in [6, 6.07) is 12.2. The summed E-state index contributed by atoms with van der Waals surface area (Å²) in [5.41, 5.74) is 8.74. The number of carbonyl (C=O) groups is 1. The molecule has 35 heavy (non-hydrogen) atoms. The summed E-state index contributed by atoms with van der Waals surface area (Å²) in [6.45, 7) is 12.3. The summed E-state index contributed by atoms with van der Waals surface area (Å²) in [5, 5.41) is 25.7. The van der Waals surface area contributed by atoms with Crippen LogP contribution in [-0.4, -0.2) is 22.0 Å². The Morgan fingerprint density at radius 2 is 1.63 bits per heavy atom. The fourth-order valence-corrected chi connectivity index (χ4v) is 4.18. The summed E-state index contributed by atoms with van der Waals surface area (Å²) in [6.07, 6.45) is 3.18. The first-order chi connectivity index (χ1) is 16.3. The molecule has 0 aliphatic carbocycles. The Hall–Kier alpha value is -3.58. The number of phenolic OH excluding ortho intramolecular Hbond substituents is 2. The molecule has 3 rings (SSSR count). The highest BCUT2D eigenvalue weighted by molar-refractivity contribution is 7.12. The van der Waals surface area contributed by atoms with E-state index in [2.05, 4.69) is 10.3 Å². The van der Waals surface area contributed by atoms with E-state index in [1.807, 2.05) is 71.2 Å². The van der Waals surface area contributed by atoms with Gasteiger partial charge in [-0.1, -0.05) is 47.6 Å². The Morgan fingerprint density at radius 3 is 2.17 bits per heavy atom. The lowest BCUT2D eigenvalue weighted by molar-refractivity contribution is -0.111. The zero-order valence-electron chi connectivity index (χ0n) is 21.0. The predicted octanol–water partition coefficient (Wildman–Crippen LogP) is 6.44. The number of aromatic hydroxyl groups is 2. The molecule has 1 aromatic heterocycles. The van der Waals surface area contributed by atoms with Gasteiger partial charge in [-0.3, -0.25) is 4.79 Å². The Labute approximate surface area is 210 Å². The number of hydrogen-bond donors (Lipinski definition) is 4. The Morgan fingerprint density at radius 1 is 1.00 bits per heavy atom. The molecule has 1 heterocycles. The molecule has 0 aliphatic heterocycles. The maximum absolute atomic E-state index is 12.7. The third-order valence-corrected chi connectivity index (χ3v) is 6.33. The van der Waals surface area contributed by atoms with Crippen molar-refractivity contribution in [2.75, 3.05) is 5.32 Å². The molecule has 6 nitrogen and oxygen atoms in total. The topological polar surface area (TPSA) is 108 Å². The minimum absolute atomic E-state index is 0.0356. The van der Waals surface area contributed by atoms with Gasteiger partial charge in [0.2, 0.25) is 5.91 Å². The molecular formula is C28H33N3O3S. The molecule has 0 unspecified atom stereocenters. The van der Waals surface area contributed by atoms with Crippen LogP contribution >= 0.6 is 11.3 Å². The Kier molecular flexibility index (Phi) is 7.41. The molecule has 0 saturated heterocycles. The SMILES string of the molecule is CC(C)(C)c1cc(C=CC(=O)Nc2ccc(O)c(N=C(N)c3cccs3)c2)cc(C(C)(C)C)c1O. The smallest absolute Gasteiger partial charge is 0.248 e. The molecule has 7 heteroatoms. The number of nitrogens with two attached hydrogens (primary N) is 1. The standard InChI is InChI=1S/C28H33N3O3S/c1-27(2,3)19-14-17(15-20(25(19)34)28(4,5)6)9-12-24(33)30-18-10-11-22(32)21(16-18)31-26(29)23-8-7-13-35-23/h7-16,32,34H,1-6H3,(H2,29,31)(H,30,33). The van der Waals surface area contributed by atoms with E-state index >= 15 is 0 Å². The van der Waals surface area contributed by atoms with Crippen molar-refractivity contribution in [3.05, 3.63) is 75.5 Å². The number of amidine groups is 1. The molecule has 0 radical (unpaired) electrons. The van der Waals surface area contributed by atoms with Gasteiger partial charge in [-0.05, 0) is 64.2 Å². The van der Waals surface area contributed by atoms with Crippen LogP contribution in [0, 0.1) is 0 Å². The Bertz CT molecular complexity index is 1240. The van der Waals surface area contributed by atoms with Gasteiger partial charge >= 0.3 is 0 Å². The van der Waals surface area contributed by atoms with E-state index in [4.69, 9.17) is 5.73 Å². The van der Waals surface area contributed by atoms with E-state index in [1.54, 1.807) is 18.2 Å². The lowest BCUT2D eigenvalue weighted by Gasteiger charge is -2.27. The second-order valence-electron chi connectivity index (χ2n) is 10.5. The third kappa shape index (κ3) is 6.51. The van der Waals surface area contributed by atoms with Gasteiger partial charge in [-0.25, -0.2) is 4.99 Å². The van der Waals surface area contributed by atoms with Gasteiger partial charge in [0.25, 0.3) is 0 Å². The molecule has 0 saturated carbocycles. The van der Waals surface area contributed by atoms with Gasteiger partial charge in [0.1, 0.15) is 23.0 Å². The van der Waals surface area contributed by atoms with Crippen LogP contribution in [0.3, 0.4) is 0 Å². The van der Waals surface area contributed by atoms with Crippen molar-refractivity contribution in [2.45, 2.75) is 52.4 Å². The van der Waals surface area contributed by atoms with E-state index in [0.29, 0.717) is 11.4 Å². The maximum Gasteiger partial charge on any atom is 0.248 e. The highest BCUT2D eigenvalue weighted by Crippen LogP contribution is 2.40. The predicted molar refractivity (Wildman–Crippen MR) is 146 cm³/mol. The van der Waals surface area contributed by atoms with Crippen LogP contribution in [0.4, 0.5) is 11.4 Å². The van der Waals surface area contributed by atoms with Crippen molar-refractivity contribution < 1.29 is 15.0 Å². The summed E-state index contributed by atoms with van der Waals surface area (Å²) in [7, 11) is 0. The monoisotopic (exact) mass is 491 g/mol. The Balaban J connectivity index is 1.84. The minimum Gasteiger partial charge on any atom is -0.507 e. The van der Waals surface area contributed by atoms with E-state index in [1.165, 1.54) is 23.5 Å². The molecule has 0 atom stereocenters. The number of nitrogens with one attached hydrogen (secondary N) is 1. The van der Waals surface area contributed by atoms with Crippen LogP contribution in [0.1, 0.15) is 63.1 Å². The number of hydrogen-bond acceptors (Lipinski definition) is 5. The van der Waals surface area contributed by atoms with Crippen molar-refractivity contribution in [2.24, 2.45) is 10.7 Å². The summed E-state index contributed by atoms with van der Waals surface area (Å²) in [5.74, 6) is 0.215. The zero-order chi connectivity index (χ0) is 26.0. The molecule has 2 aromatic carbocycles. The number of carbonyl (C=O) groups excluding carboxylic acids is 1. The first-order valence-electron chi connectivity index (χ1n) is 11.3. The number of benzene rings is 2. The molecule has 3 aromatic rings. The molecule has 0 fully saturated rings. The number of rotatable bonds is 5. The highest BCUT2D eigenvalue weighted by atomic mass is 32.1. The molecule has 1 amide bonds. The number of amides is 1. The minimum atomic E-state index is -0.334. The number of phenols is 2. The first kappa shape index (κ1) is 26.0. The van der Waals surface area contributed by atoms with Crippen molar-refractivity contribution in [3.8, 4) is 11.5 Å². The lowest BCUT2D eigenvalue weighted by atomic mass is 9.78. The van der Waals surface area contributed by atoms with E-state index in [9.17, 15) is 15.0 Å². The summed E-state index contributed by atoms with van der Waals surface area (Å²) in [4.78, 5) is 17.7. The van der Waals surface area contributed by atoms with Crippen LogP contribution in [0.15, 0.2) is 58.9 Å². The van der Waals surface area contributed by atoms with Crippen molar-refractivity contribution in [1.82, 2.24) is 0 Å². The van der Waals surface area contributed by atoms with E-state index in [0.717, 1.165) is 21.6 Å². The maximum atomic E-state index is 12.7. The highest BCUT2D eigenvalue weighted by Gasteiger charge is 2.26. The quantitative estimate of drug-likeness (QED) is 0.142. The normalized spacial score (nSPS) is 12.8. The van der Waals surface area contributed by atoms with Gasteiger partial charge in [-0.15, -0.1) is 11.3 Å². The summed E-state index contributed by atoms with van der Waals surface area (Å²) < 4.78 is 0. The van der Waals surface area contributed by atoms with Crippen LogP contribution in [0.2, 0.25) is 0 Å². The van der Waals surface area contributed by atoms with Crippen LogP contribution in [-0.2, 0) is 15.6 Å². The molecule has 0 aliphatic rings. The molecular weight excluding hydrogens is 458 g/mol. The van der Waals surface area contributed by atoms with Gasteiger partial charge < -0.3 is 21.3 Å². The number of thiophene rings is 1. The lowest BCUT2D eigenvalue weighted by Crippen LogP contribution is -2.17. The summed E-state index contributed by atoms with van der Waals surface area (Å²) >= 11 is 1.45. The van der Waals surface area contributed by atoms with Crippen molar-refractivity contribution in [1.29, 1.82) is 0 Å².